The van der Waals surface area contributed by atoms with Crippen LogP contribution >= 0.6 is 11.3 Å². The van der Waals surface area contributed by atoms with Crippen LogP contribution in [0.2, 0.25) is 0 Å². The summed E-state index contributed by atoms with van der Waals surface area (Å²) in [5.74, 6) is 0. The number of alkyl halides is 1. The molecule has 2 aromatic rings. The van der Waals surface area contributed by atoms with Gasteiger partial charge in [-0.3, -0.25) is 0 Å². The first-order chi connectivity index (χ1) is 6.40. The average molecular weight is 197 g/mol. The first kappa shape index (κ1) is 8.44. The van der Waals surface area contributed by atoms with E-state index in [1.807, 2.05) is 24.3 Å². The predicted octanol–water partition coefficient (Wildman–Crippen LogP) is 2.64. The second-order valence-corrected chi connectivity index (χ2v) is 3.48. The molecule has 4 heteroatoms. The maximum Gasteiger partial charge on any atom is 0.274 e. The zero-order chi connectivity index (χ0) is 9.10. The van der Waals surface area contributed by atoms with Gasteiger partial charge in [-0.15, -0.1) is 0 Å². The second kappa shape index (κ2) is 3.70. The molecule has 0 fully saturated rings. The highest BCUT2D eigenvalue weighted by Crippen LogP contribution is 2.26. The average Bonchev–Trinajstić information content (AvgIpc) is 2.57. The Kier molecular flexibility index (Phi) is 2.40. The number of fused-ring (bicyclic) bond motifs is 1. The van der Waals surface area contributed by atoms with Crippen LogP contribution in [0.15, 0.2) is 24.3 Å². The SMILES string of the molecule is FCCOc1nc2ccccc2s1. The number of rotatable bonds is 3. The Hall–Kier alpha value is -1.16. The Morgan fingerprint density at radius 1 is 1.38 bits per heavy atom. The normalized spacial score (nSPS) is 10.5. The van der Waals surface area contributed by atoms with Crippen LogP contribution in [-0.2, 0) is 0 Å². The molecule has 0 aliphatic heterocycles. The second-order valence-electron chi connectivity index (χ2n) is 2.48. The lowest BCUT2D eigenvalue weighted by molar-refractivity contribution is 0.272. The molecule has 0 radical (unpaired) electrons. The van der Waals surface area contributed by atoms with Crippen LogP contribution in [0.1, 0.15) is 0 Å². The van der Waals surface area contributed by atoms with Gasteiger partial charge < -0.3 is 4.74 Å². The number of nitrogens with zero attached hydrogens (tertiary/aromatic N) is 1. The number of para-hydroxylation sites is 1. The minimum atomic E-state index is -0.476. The maximum atomic E-state index is 11.8. The van der Waals surface area contributed by atoms with E-state index in [0.29, 0.717) is 5.19 Å². The van der Waals surface area contributed by atoms with E-state index in [1.54, 1.807) is 0 Å². The summed E-state index contributed by atoms with van der Waals surface area (Å²) in [5, 5.41) is 0.541. The molecule has 0 atom stereocenters. The number of thiazole rings is 1. The molecule has 0 aliphatic rings. The van der Waals surface area contributed by atoms with E-state index in [9.17, 15) is 4.39 Å². The highest BCUT2D eigenvalue weighted by atomic mass is 32.1. The smallest absolute Gasteiger partial charge is 0.274 e. The van der Waals surface area contributed by atoms with Gasteiger partial charge in [-0.05, 0) is 12.1 Å². The summed E-state index contributed by atoms with van der Waals surface area (Å²) < 4.78 is 17.9. The van der Waals surface area contributed by atoms with Gasteiger partial charge in [0, 0.05) is 0 Å². The minimum Gasteiger partial charge on any atom is -0.467 e. The van der Waals surface area contributed by atoms with Crippen LogP contribution in [0.5, 0.6) is 5.19 Å². The van der Waals surface area contributed by atoms with Gasteiger partial charge in [-0.2, -0.15) is 0 Å². The summed E-state index contributed by atoms with van der Waals surface area (Å²) in [6.45, 7) is -0.393. The summed E-state index contributed by atoms with van der Waals surface area (Å²) in [7, 11) is 0. The molecule has 0 unspecified atom stereocenters. The number of halogens is 1. The molecule has 0 bridgehead atoms. The molecule has 0 saturated heterocycles. The monoisotopic (exact) mass is 197 g/mol. The molecule has 0 aliphatic carbocycles. The van der Waals surface area contributed by atoms with Gasteiger partial charge in [0.25, 0.3) is 5.19 Å². The Bertz CT molecular complexity index is 368. The van der Waals surface area contributed by atoms with Crippen molar-refractivity contribution in [1.82, 2.24) is 4.98 Å². The van der Waals surface area contributed by atoms with Crippen LogP contribution in [0.3, 0.4) is 0 Å². The quantitative estimate of drug-likeness (QED) is 0.754. The van der Waals surface area contributed by atoms with E-state index in [0.717, 1.165) is 10.2 Å². The van der Waals surface area contributed by atoms with Crippen LogP contribution < -0.4 is 4.74 Å². The summed E-state index contributed by atoms with van der Waals surface area (Å²) in [4.78, 5) is 4.18. The van der Waals surface area contributed by atoms with Gasteiger partial charge in [-0.25, -0.2) is 9.37 Å². The maximum absolute atomic E-state index is 11.8. The van der Waals surface area contributed by atoms with Gasteiger partial charge in [0.2, 0.25) is 0 Å². The number of ether oxygens (including phenoxy) is 1. The molecule has 0 N–H and O–H groups in total. The third-order valence-corrected chi connectivity index (χ3v) is 2.53. The van der Waals surface area contributed by atoms with Gasteiger partial charge in [0.05, 0.1) is 10.2 Å². The predicted molar refractivity (Wildman–Crippen MR) is 51.1 cm³/mol. The van der Waals surface area contributed by atoms with E-state index in [-0.39, 0.29) is 6.61 Å². The zero-order valence-corrected chi connectivity index (χ0v) is 7.68. The fraction of sp³-hybridized carbons (Fsp3) is 0.222. The molecular formula is C9H8FNOS. The Morgan fingerprint density at radius 3 is 3.00 bits per heavy atom. The third-order valence-electron chi connectivity index (χ3n) is 1.58. The summed E-state index contributed by atoms with van der Waals surface area (Å²) >= 11 is 1.44. The van der Waals surface area contributed by atoms with Crippen LogP contribution in [-0.4, -0.2) is 18.3 Å². The Balaban J connectivity index is 2.28. The molecule has 0 saturated carbocycles. The van der Waals surface area contributed by atoms with Crippen molar-refractivity contribution >= 4 is 21.6 Å². The van der Waals surface area contributed by atoms with Gasteiger partial charge >= 0.3 is 0 Å². The molecule has 1 heterocycles. The van der Waals surface area contributed by atoms with Crippen molar-refractivity contribution in [2.75, 3.05) is 13.3 Å². The third kappa shape index (κ3) is 1.78. The summed E-state index contributed by atoms with van der Waals surface area (Å²) in [6, 6.07) is 7.74. The Morgan fingerprint density at radius 2 is 2.23 bits per heavy atom. The number of hydrogen-bond donors (Lipinski definition) is 0. The van der Waals surface area contributed by atoms with E-state index in [1.165, 1.54) is 11.3 Å². The van der Waals surface area contributed by atoms with Crippen molar-refractivity contribution in [2.45, 2.75) is 0 Å². The summed E-state index contributed by atoms with van der Waals surface area (Å²) in [5.41, 5.74) is 0.904. The molecule has 0 amide bonds. The largest absolute Gasteiger partial charge is 0.467 e. The zero-order valence-electron chi connectivity index (χ0n) is 6.87. The standard InChI is InChI=1S/C9H8FNOS/c10-5-6-12-9-11-7-3-1-2-4-8(7)13-9/h1-4H,5-6H2. The number of aromatic nitrogens is 1. The molecule has 0 spiro atoms. The van der Waals surface area contributed by atoms with Crippen molar-refractivity contribution in [3.8, 4) is 5.19 Å². The van der Waals surface area contributed by atoms with Gasteiger partial charge in [0.1, 0.15) is 13.3 Å². The van der Waals surface area contributed by atoms with Gasteiger partial charge in [-0.1, -0.05) is 23.5 Å². The minimum absolute atomic E-state index is 0.0832. The van der Waals surface area contributed by atoms with E-state index in [4.69, 9.17) is 4.74 Å². The van der Waals surface area contributed by atoms with Crippen LogP contribution in [0.4, 0.5) is 4.39 Å². The van der Waals surface area contributed by atoms with Crippen molar-refractivity contribution in [2.24, 2.45) is 0 Å². The fourth-order valence-corrected chi connectivity index (χ4v) is 1.88. The highest BCUT2D eigenvalue weighted by molar-refractivity contribution is 7.20. The van der Waals surface area contributed by atoms with Gasteiger partial charge in [0.15, 0.2) is 0 Å². The number of hydrogen-bond acceptors (Lipinski definition) is 3. The van der Waals surface area contributed by atoms with Crippen molar-refractivity contribution in [1.29, 1.82) is 0 Å². The molecule has 1 aromatic heterocycles. The first-order valence-corrected chi connectivity index (χ1v) is 4.76. The number of benzene rings is 1. The Labute approximate surface area is 79.0 Å². The molecule has 2 rings (SSSR count). The molecule has 2 nitrogen and oxygen atoms in total. The lowest BCUT2D eigenvalue weighted by atomic mass is 10.3. The van der Waals surface area contributed by atoms with E-state index < -0.39 is 6.67 Å². The van der Waals surface area contributed by atoms with Crippen molar-refractivity contribution in [3.63, 3.8) is 0 Å². The van der Waals surface area contributed by atoms with Crippen molar-refractivity contribution in [3.05, 3.63) is 24.3 Å². The summed E-state index contributed by atoms with van der Waals surface area (Å²) in [6.07, 6.45) is 0. The highest BCUT2D eigenvalue weighted by Gasteiger charge is 2.02. The fourth-order valence-electron chi connectivity index (χ4n) is 1.04. The van der Waals surface area contributed by atoms with Crippen LogP contribution in [0.25, 0.3) is 10.2 Å². The van der Waals surface area contributed by atoms with Crippen LogP contribution in [0, 0.1) is 0 Å². The lowest BCUT2D eigenvalue weighted by Gasteiger charge is -1.94. The molecule has 13 heavy (non-hydrogen) atoms. The molecule has 68 valence electrons. The molecule has 1 aromatic carbocycles. The molecular weight excluding hydrogens is 189 g/mol. The van der Waals surface area contributed by atoms with E-state index in [2.05, 4.69) is 4.98 Å². The lowest BCUT2D eigenvalue weighted by Crippen LogP contribution is -1.97. The van der Waals surface area contributed by atoms with Crippen molar-refractivity contribution < 1.29 is 9.13 Å². The van der Waals surface area contributed by atoms with E-state index >= 15 is 0 Å². The first-order valence-electron chi connectivity index (χ1n) is 3.94. The topological polar surface area (TPSA) is 22.1 Å².